The number of hydrogen-bond donors (Lipinski definition) is 1. The van der Waals surface area contributed by atoms with Crippen molar-refractivity contribution in [3.05, 3.63) is 78.0 Å². The van der Waals surface area contributed by atoms with Crippen molar-refractivity contribution in [2.75, 3.05) is 35.8 Å². The van der Waals surface area contributed by atoms with Gasteiger partial charge in [0.15, 0.2) is 0 Å². The van der Waals surface area contributed by atoms with Gasteiger partial charge in [0.05, 0.1) is 0 Å². The van der Waals surface area contributed by atoms with Gasteiger partial charge in [-0.25, -0.2) is 4.98 Å². The molecule has 0 bridgehead atoms. The molecule has 3 rings (SSSR count). The Morgan fingerprint density at radius 3 is 2.39 bits per heavy atom. The maximum absolute atomic E-state index is 12.7. The summed E-state index contributed by atoms with van der Waals surface area (Å²) in [4.78, 5) is 21.3. The maximum atomic E-state index is 12.7. The molecule has 0 saturated heterocycles. The van der Waals surface area contributed by atoms with Crippen molar-refractivity contribution in [3.8, 4) is 0 Å². The van der Waals surface area contributed by atoms with Gasteiger partial charge in [-0.15, -0.1) is 0 Å². The SMILES string of the molecule is CCN(c1cccc(C)c1)c1cc(C(=O)Nc2ccc(N(C)C)cc2)ccn1. The van der Waals surface area contributed by atoms with E-state index >= 15 is 0 Å². The second-order valence-corrected chi connectivity index (χ2v) is 6.88. The normalized spacial score (nSPS) is 10.4. The van der Waals surface area contributed by atoms with Crippen molar-refractivity contribution < 1.29 is 4.79 Å². The lowest BCUT2D eigenvalue weighted by atomic mass is 10.2. The van der Waals surface area contributed by atoms with Gasteiger partial charge >= 0.3 is 0 Å². The highest BCUT2D eigenvalue weighted by molar-refractivity contribution is 6.04. The van der Waals surface area contributed by atoms with Crippen LogP contribution in [0.2, 0.25) is 0 Å². The van der Waals surface area contributed by atoms with Crippen LogP contribution in [0.4, 0.5) is 22.9 Å². The Balaban J connectivity index is 1.80. The molecule has 28 heavy (non-hydrogen) atoms. The van der Waals surface area contributed by atoms with Crippen molar-refractivity contribution in [1.82, 2.24) is 4.98 Å². The van der Waals surface area contributed by atoms with E-state index in [1.54, 1.807) is 12.3 Å². The molecule has 0 radical (unpaired) electrons. The van der Waals surface area contributed by atoms with Crippen molar-refractivity contribution >= 4 is 28.8 Å². The van der Waals surface area contributed by atoms with Crippen LogP contribution in [0.15, 0.2) is 66.9 Å². The minimum atomic E-state index is -0.151. The first-order chi connectivity index (χ1) is 13.5. The molecule has 2 aromatic carbocycles. The average molecular weight is 374 g/mol. The molecule has 1 aromatic heterocycles. The van der Waals surface area contributed by atoms with E-state index < -0.39 is 0 Å². The van der Waals surface area contributed by atoms with Crippen LogP contribution in [0.5, 0.6) is 0 Å². The second-order valence-electron chi connectivity index (χ2n) is 6.88. The van der Waals surface area contributed by atoms with E-state index in [0.717, 1.165) is 29.4 Å². The number of benzene rings is 2. The van der Waals surface area contributed by atoms with E-state index in [4.69, 9.17) is 0 Å². The highest BCUT2D eigenvalue weighted by Gasteiger charge is 2.13. The zero-order valence-electron chi connectivity index (χ0n) is 16.8. The average Bonchev–Trinajstić information content (AvgIpc) is 2.69. The quantitative estimate of drug-likeness (QED) is 0.669. The summed E-state index contributed by atoms with van der Waals surface area (Å²) >= 11 is 0. The lowest BCUT2D eigenvalue weighted by Crippen LogP contribution is -2.19. The molecule has 1 amide bonds. The molecule has 0 aliphatic heterocycles. The monoisotopic (exact) mass is 374 g/mol. The number of aryl methyl sites for hydroxylation is 1. The van der Waals surface area contributed by atoms with Crippen LogP contribution in [0, 0.1) is 6.92 Å². The van der Waals surface area contributed by atoms with Crippen molar-refractivity contribution in [3.63, 3.8) is 0 Å². The molecule has 0 aliphatic carbocycles. The number of nitrogens with one attached hydrogen (secondary N) is 1. The lowest BCUT2D eigenvalue weighted by molar-refractivity contribution is 0.102. The first kappa shape index (κ1) is 19.4. The number of hydrogen-bond acceptors (Lipinski definition) is 4. The van der Waals surface area contributed by atoms with Crippen LogP contribution in [0.1, 0.15) is 22.8 Å². The Kier molecular flexibility index (Phi) is 5.94. The topological polar surface area (TPSA) is 48.5 Å². The van der Waals surface area contributed by atoms with E-state index in [0.29, 0.717) is 5.56 Å². The summed E-state index contributed by atoms with van der Waals surface area (Å²) in [6.45, 7) is 4.90. The van der Waals surface area contributed by atoms with Gasteiger partial charge in [-0.1, -0.05) is 12.1 Å². The fraction of sp³-hybridized carbons (Fsp3) is 0.217. The van der Waals surface area contributed by atoms with Gasteiger partial charge in [0.25, 0.3) is 5.91 Å². The van der Waals surface area contributed by atoms with Crippen LogP contribution in [0.3, 0.4) is 0 Å². The molecule has 1 N–H and O–H groups in total. The zero-order chi connectivity index (χ0) is 20.1. The summed E-state index contributed by atoms with van der Waals surface area (Å²) in [7, 11) is 3.97. The van der Waals surface area contributed by atoms with Crippen LogP contribution >= 0.6 is 0 Å². The number of carbonyl (C=O) groups excluding carboxylic acids is 1. The Hall–Kier alpha value is -3.34. The number of amides is 1. The largest absolute Gasteiger partial charge is 0.378 e. The Labute approximate surface area is 166 Å². The molecule has 0 atom stereocenters. The first-order valence-corrected chi connectivity index (χ1v) is 9.37. The van der Waals surface area contributed by atoms with E-state index in [1.807, 2.05) is 55.4 Å². The number of aromatic nitrogens is 1. The van der Waals surface area contributed by atoms with E-state index in [2.05, 4.69) is 47.2 Å². The van der Waals surface area contributed by atoms with Crippen LogP contribution in [0.25, 0.3) is 0 Å². The standard InChI is InChI=1S/C23H26N4O/c1-5-27(21-8-6-7-17(2)15-21)22-16-18(13-14-24-22)23(28)25-19-9-11-20(12-10-19)26(3)4/h6-16H,5H2,1-4H3,(H,25,28). The maximum Gasteiger partial charge on any atom is 0.255 e. The third kappa shape index (κ3) is 4.49. The lowest BCUT2D eigenvalue weighted by Gasteiger charge is -2.23. The van der Waals surface area contributed by atoms with Gasteiger partial charge < -0.3 is 15.1 Å². The molecule has 0 fully saturated rings. The molecule has 144 valence electrons. The highest BCUT2D eigenvalue weighted by Crippen LogP contribution is 2.25. The van der Waals surface area contributed by atoms with E-state index in [-0.39, 0.29) is 5.91 Å². The van der Waals surface area contributed by atoms with Crippen LogP contribution < -0.4 is 15.1 Å². The Morgan fingerprint density at radius 2 is 1.75 bits per heavy atom. The Bertz CT molecular complexity index is 951. The van der Waals surface area contributed by atoms with Gasteiger partial charge in [0, 0.05) is 49.5 Å². The predicted octanol–water partition coefficient (Wildman–Crippen LogP) is 4.87. The van der Waals surface area contributed by atoms with Gasteiger partial charge in [-0.2, -0.15) is 0 Å². The third-order valence-electron chi connectivity index (χ3n) is 4.56. The summed E-state index contributed by atoms with van der Waals surface area (Å²) < 4.78 is 0. The van der Waals surface area contributed by atoms with Gasteiger partial charge in [0.2, 0.25) is 0 Å². The summed E-state index contributed by atoms with van der Waals surface area (Å²) in [5.41, 5.74) is 4.67. The molecule has 5 nitrogen and oxygen atoms in total. The molecular formula is C23H26N4O. The van der Waals surface area contributed by atoms with Crippen molar-refractivity contribution in [1.29, 1.82) is 0 Å². The fourth-order valence-electron chi connectivity index (χ4n) is 3.03. The summed E-state index contributed by atoms with van der Waals surface area (Å²) in [5.74, 6) is 0.602. The van der Waals surface area contributed by atoms with Crippen LogP contribution in [-0.4, -0.2) is 31.5 Å². The molecule has 1 heterocycles. The van der Waals surface area contributed by atoms with Crippen molar-refractivity contribution in [2.45, 2.75) is 13.8 Å². The summed E-state index contributed by atoms with van der Waals surface area (Å²) in [6.07, 6.45) is 1.68. The number of rotatable bonds is 6. The molecule has 0 unspecified atom stereocenters. The predicted molar refractivity (Wildman–Crippen MR) is 117 cm³/mol. The van der Waals surface area contributed by atoms with E-state index in [9.17, 15) is 4.79 Å². The highest BCUT2D eigenvalue weighted by atomic mass is 16.1. The molecule has 0 saturated carbocycles. The minimum Gasteiger partial charge on any atom is -0.378 e. The summed E-state index contributed by atoms with van der Waals surface area (Å²) in [5, 5.41) is 2.95. The molecule has 0 spiro atoms. The molecule has 5 heteroatoms. The number of carbonyl (C=O) groups is 1. The first-order valence-electron chi connectivity index (χ1n) is 9.37. The molecule has 0 aliphatic rings. The van der Waals surface area contributed by atoms with Crippen LogP contribution in [-0.2, 0) is 0 Å². The number of anilines is 4. The summed E-state index contributed by atoms with van der Waals surface area (Å²) in [6, 6.07) is 19.6. The van der Waals surface area contributed by atoms with E-state index in [1.165, 1.54) is 5.56 Å². The third-order valence-corrected chi connectivity index (χ3v) is 4.56. The minimum absolute atomic E-state index is 0.151. The fourth-order valence-corrected chi connectivity index (χ4v) is 3.03. The van der Waals surface area contributed by atoms with Gasteiger partial charge in [0.1, 0.15) is 5.82 Å². The van der Waals surface area contributed by atoms with Crippen molar-refractivity contribution in [2.24, 2.45) is 0 Å². The molecule has 3 aromatic rings. The smallest absolute Gasteiger partial charge is 0.255 e. The second kappa shape index (κ2) is 8.57. The molecular weight excluding hydrogens is 348 g/mol. The van der Waals surface area contributed by atoms with Gasteiger partial charge in [-0.3, -0.25) is 4.79 Å². The zero-order valence-corrected chi connectivity index (χ0v) is 16.8. The van der Waals surface area contributed by atoms with Gasteiger partial charge in [-0.05, 0) is 67.9 Å². The Morgan fingerprint density at radius 1 is 1.00 bits per heavy atom. The number of pyridine rings is 1. The number of nitrogens with zero attached hydrogens (tertiary/aromatic N) is 3.